The third-order valence-corrected chi connectivity index (χ3v) is 0.810. The average molecular weight is 413 g/mol. The third-order valence-electron chi connectivity index (χ3n) is 0.810. The first-order chi connectivity index (χ1) is 5.93. The van der Waals surface area contributed by atoms with Gasteiger partial charge in [0.05, 0.1) is 0 Å². The van der Waals surface area contributed by atoms with Gasteiger partial charge < -0.3 is 17.6 Å². The summed E-state index contributed by atoms with van der Waals surface area (Å²) < 4.78 is 0. The Hall–Kier alpha value is -0.0581. The van der Waals surface area contributed by atoms with Crippen LogP contribution in [0, 0.1) is 49.3 Å². The molecule has 1 aromatic rings. The van der Waals surface area contributed by atoms with Crippen LogP contribution in [0.25, 0.3) is 6.08 Å². The fourth-order valence-corrected chi connectivity index (χ4v) is 0.432. The molecule has 1 rings (SSSR count). The van der Waals surface area contributed by atoms with Gasteiger partial charge in [0.25, 0.3) is 0 Å². The van der Waals surface area contributed by atoms with Crippen LogP contribution < -0.4 is 0 Å². The first kappa shape index (κ1) is 16.4. The van der Waals surface area contributed by atoms with Gasteiger partial charge in [-0.25, -0.2) is 6.07 Å². The molecule has 74 valence electrons. The fraction of sp³-hybridized carbons (Fsp3) is 0.417. The van der Waals surface area contributed by atoms with Gasteiger partial charge in [-0.2, -0.15) is 0 Å². The van der Waals surface area contributed by atoms with E-state index < -0.39 is 0 Å². The van der Waals surface area contributed by atoms with Crippen LogP contribution in [0.4, 0.5) is 0 Å². The van der Waals surface area contributed by atoms with Gasteiger partial charge in [-0.15, -0.1) is 12.3 Å². The predicted molar refractivity (Wildman–Crippen MR) is 57.0 cm³/mol. The van der Waals surface area contributed by atoms with Crippen molar-refractivity contribution in [2.24, 2.45) is 5.41 Å². The molecule has 0 aliphatic heterocycles. The molecule has 2 heteroatoms. The number of hydrogen-bond acceptors (Lipinski definition) is 1. The Labute approximate surface area is 111 Å². The molecule has 0 spiro atoms. The molecule has 1 heterocycles. The van der Waals surface area contributed by atoms with Crippen molar-refractivity contribution in [2.45, 2.75) is 27.7 Å². The monoisotopic (exact) mass is 413 g/mol. The Bertz CT molecular complexity index is 230. The Morgan fingerprint density at radius 1 is 1.36 bits per heavy atom. The quantitative estimate of drug-likeness (QED) is 0.644. The van der Waals surface area contributed by atoms with Crippen LogP contribution >= 0.6 is 0 Å². The van der Waals surface area contributed by atoms with E-state index in [1.54, 1.807) is 6.20 Å². The molecular weight excluding hydrogens is 396 g/mol. The minimum atomic E-state index is 0. The van der Waals surface area contributed by atoms with Gasteiger partial charge in [-0.05, 0) is 5.41 Å². The standard InChI is InChI=1S/C7H5N.C5H12.U/c1-2-7-4-3-5-8-6-7;1-5(2,3)4;/h1-5H;1-4H3;/q-2;;+2. The molecule has 0 radical (unpaired) electrons. The van der Waals surface area contributed by atoms with Crippen molar-refractivity contribution < 1.29 is 31.1 Å². The summed E-state index contributed by atoms with van der Waals surface area (Å²) in [5, 5.41) is 0. The number of rotatable bonds is 1. The van der Waals surface area contributed by atoms with Crippen molar-refractivity contribution in [1.82, 2.24) is 4.98 Å². The predicted octanol–water partition coefficient (Wildman–Crippen LogP) is 3.38. The first-order valence-corrected chi connectivity index (χ1v) is 4.31. The molecule has 0 unspecified atom stereocenters. The van der Waals surface area contributed by atoms with E-state index >= 15 is 0 Å². The third kappa shape index (κ3) is 14.5. The number of pyridine rings is 1. The molecular formula is C12H17NU. The van der Waals surface area contributed by atoms with E-state index in [2.05, 4.69) is 38.9 Å². The van der Waals surface area contributed by atoms with Crippen LogP contribution in [0.1, 0.15) is 33.3 Å². The van der Waals surface area contributed by atoms with E-state index in [-0.39, 0.29) is 31.1 Å². The minimum absolute atomic E-state index is 0. The van der Waals surface area contributed by atoms with E-state index in [9.17, 15) is 0 Å². The summed E-state index contributed by atoms with van der Waals surface area (Å²) in [6.07, 6.45) is 5.81. The van der Waals surface area contributed by atoms with E-state index in [1.807, 2.05) is 12.1 Å². The van der Waals surface area contributed by atoms with Gasteiger partial charge in [0.2, 0.25) is 0 Å². The number of nitrogens with zero attached hydrogens (tertiary/aromatic N) is 1. The Morgan fingerprint density at radius 2 is 1.86 bits per heavy atom. The van der Waals surface area contributed by atoms with Crippen LogP contribution in [0.15, 0.2) is 18.3 Å². The molecule has 0 aliphatic carbocycles. The molecule has 0 saturated heterocycles. The number of aromatic nitrogens is 1. The van der Waals surface area contributed by atoms with Crippen LogP contribution in [0.2, 0.25) is 0 Å². The molecule has 0 N–H and O–H groups in total. The largest absolute Gasteiger partial charge is 2.00 e. The molecule has 0 saturated carbocycles. The molecule has 0 atom stereocenters. The zero-order chi connectivity index (χ0) is 10.3. The van der Waals surface area contributed by atoms with Crippen molar-refractivity contribution in [2.75, 3.05) is 0 Å². The molecule has 14 heavy (non-hydrogen) atoms. The minimum Gasteiger partial charge on any atom is -0.380 e. The normalized spacial score (nSPS) is 9.14. The zero-order valence-corrected chi connectivity index (χ0v) is 13.5. The van der Waals surface area contributed by atoms with Gasteiger partial charge in [-0.1, -0.05) is 33.9 Å². The Balaban J connectivity index is 0. The van der Waals surface area contributed by atoms with Crippen LogP contribution in [-0.4, -0.2) is 4.98 Å². The molecule has 0 amide bonds. The number of hydrogen-bond donors (Lipinski definition) is 0. The van der Waals surface area contributed by atoms with Crippen molar-refractivity contribution in [3.05, 3.63) is 36.7 Å². The second kappa shape index (κ2) is 8.27. The summed E-state index contributed by atoms with van der Waals surface area (Å²) in [5.41, 5.74) is 1.33. The molecule has 0 bridgehead atoms. The van der Waals surface area contributed by atoms with Gasteiger partial charge in [0.15, 0.2) is 0 Å². The SMILES string of the molecule is CC(C)(C)C.[CH-]=Cc1[c-]nccc1.[U+2]. The zero-order valence-electron chi connectivity index (χ0n) is 9.33. The van der Waals surface area contributed by atoms with Gasteiger partial charge in [-0.3, -0.25) is 5.56 Å². The van der Waals surface area contributed by atoms with Crippen molar-refractivity contribution in [3.63, 3.8) is 0 Å². The fourth-order valence-electron chi connectivity index (χ4n) is 0.432. The van der Waals surface area contributed by atoms with Crippen molar-refractivity contribution >= 4 is 6.08 Å². The van der Waals surface area contributed by atoms with E-state index in [1.165, 1.54) is 6.08 Å². The van der Waals surface area contributed by atoms with E-state index in [0.29, 0.717) is 5.41 Å². The summed E-state index contributed by atoms with van der Waals surface area (Å²) in [5.74, 6) is 0. The first-order valence-electron chi connectivity index (χ1n) is 4.31. The average Bonchev–Trinajstić information content (AvgIpc) is 2.03. The van der Waals surface area contributed by atoms with Crippen LogP contribution in [-0.2, 0) is 0 Å². The topological polar surface area (TPSA) is 12.9 Å². The summed E-state index contributed by atoms with van der Waals surface area (Å²) >= 11 is 0. The summed E-state index contributed by atoms with van der Waals surface area (Å²) in [6.45, 7) is 13.9. The second-order valence-electron chi connectivity index (χ2n) is 4.37. The Kier molecular flexibility index (Phi) is 9.67. The van der Waals surface area contributed by atoms with Gasteiger partial charge in [0.1, 0.15) is 0 Å². The van der Waals surface area contributed by atoms with Gasteiger partial charge in [0, 0.05) is 0 Å². The van der Waals surface area contributed by atoms with Gasteiger partial charge >= 0.3 is 31.1 Å². The van der Waals surface area contributed by atoms with E-state index in [0.717, 1.165) is 5.56 Å². The molecule has 0 aliphatic rings. The molecule has 1 nitrogen and oxygen atoms in total. The Morgan fingerprint density at radius 3 is 2.07 bits per heavy atom. The second-order valence-corrected chi connectivity index (χ2v) is 4.37. The smallest absolute Gasteiger partial charge is 0.380 e. The maximum absolute atomic E-state index is 5.15. The van der Waals surface area contributed by atoms with Crippen LogP contribution in [0.3, 0.4) is 0 Å². The molecule has 0 aromatic carbocycles. The summed E-state index contributed by atoms with van der Waals surface area (Å²) in [7, 11) is 0. The summed E-state index contributed by atoms with van der Waals surface area (Å²) in [4.78, 5) is 3.72. The van der Waals surface area contributed by atoms with Crippen LogP contribution in [0.5, 0.6) is 0 Å². The maximum atomic E-state index is 5.15. The van der Waals surface area contributed by atoms with E-state index in [4.69, 9.17) is 6.58 Å². The molecule has 0 fully saturated rings. The maximum Gasteiger partial charge on any atom is 2.00 e. The van der Waals surface area contributed by atoms with Crippen molar-refractivity contribution in [3.8, 4) is 0 Å². The van der Waals surface area contributed by atoms with Crippen molar-refractivity contribution in [1.29, 1.82) is 0 Å². The summed E-state index contributed by atoms with van der Waals surface area (Å²) in [6, 6.07) is 3.65. The molecule has 1 aromatic heterocycles.